The number of hydrogen-bond donors (Lipinski definition) is 2. The van der Waals surface area contributed by atoms with Crippen molar-refractivity contribution in [3.8, 4) is 0 Å². The lowest BCUT2D eigenvalue weighted by molar-refractivity contribution is 0.614. The van der Waals surface area contributed by atoms with E-state index in [-0.39, 0.29) is 24.0 Å². The van der Waals surface area contributed by atoms with E-state index in [2.05, 4.69) is 34.7 Å². The first-order valence-electron chi connectivity index (χ1n) is 8.65. The van der Waals surface area contributed by atoms with Gasteiger partial charge in [0.1, 0.15) is 5.82 Å². The molecule has 0 saturated carbocycles. The molecule has 6 nitrogen and oxygen atoms in total. The third kappa shape index (κ3) is 5.47. The van der Waals surface area contributed by atoms with E-state index < -0.39 is 0 Å². The smallest absolute Gasteiger partial charge is 0.191 e. The van der Waals surface area contributed by atoms with Crippen LogP contribution in [-0.4, -0.2) is 50.7 Å². The number of nitrogens with one attached hydrogen (secondary N) is 2. The second-order valence-electron chi connectivity index (χ2n) is 6.32. The average molecular weight is 474 g/mol. The SMILES string of the molecule is CCNC(=NCC1(C)CCCS1)NCCc1nnc2ccccn12.I. The summed E-state index contributed by atoms with van der Waals surface area (Å²) in [6.07, 6.45) is 5.37. The topological polar surface area (TPSA) is 66.6 Å². The minimum absolute atomic E-state index is 0. The van der Waals surface area contributed by atoms with Gasteiger partial charge in [-0.1, -0.05) is 6.07 Å². The Morgan fingerprint density at radius 1 is 1.36 bits per heavy atom. The second-order valence-corrected chi connectivity index (χ2v) is 8.00. The van der Waals surface area contributed by atoms with Crippen molar-refractivity contribution in [1.82, 2.24) is 25.2 Å². The Balaban J connectivity index is 0.00000225. The summed E-state index contributed by atoms with van der Waals surface area (Å²) < 4.78 is 2.33. The summed E-state index contributed by atoms with van der Waals surface area (Å²) in [4.78, 5) is 4.78. The maximum absolute atomic E-state index is 4.78. The lowest BCUT2D eigenvalue weighted by Gasteiger charge is -2.21. The summed E-state index contributed by atoms with van der Waals surface area (Å²) >= 11 is 2.04. The van der Waals surface area contributed by atoms with E-state index in [4.69, 9.17) is 4.99 Å². The summed E-state index contributed by atoms with van der Waals surface area (Å²) in [6.45, 7) is 6.92. The Bertz CT molecular complexity index is 695. The van der Waals surface area contributed by atoms with Gasteiger partial charge in [0.05, 0.1) is 6.54 Å². The van der Waals surface area contributed by atoms with Crippen LogP contribution in [0.25, 0.3) is 5.65 Å². The maximum Gasteiger partial charge on any atom is 0.191 e. The molecule has 2 N–H and O–H groups in total. The summed E-state index contributed by atoms with van der Waals surface area (Å²) in [5.41, 5.74) is 0.888. The summed E-state index contributed by atoms with van der Waals surface area (Å²) in [5, 5.41) is 15.2. The van der Waals surface area contributed by atoms with Crippen LogP contribution >= 0.6 is 35.7 Å². The Kier molecular flexibility index (Phi) is 7.80. The molecule has 1 atom stereocenters. The molecule has 1 unspecified atom stereocenters. The van der Waals surface area contributed by atoms with Crippen LogP contribution in [0, 0.1) is 0 Å². The van der Waals surface area contributed by atoms with Gasteiger partial charge in [0.15, 0.2) is 11.6 Å². The van der Waals surface area contributed by atoms with Gasteiger partial charge in [-0.15, -0.1) is 34.2 Å². The van der Waals surface area contributed by atoms with Crippen molar-refractivity contribution < 1.29 is 0 Å². The number of nitrogens with zero attached hydrogens (tertiary/aromatic N) is 4. The molecule has 1 aliphatic heterocycles. The first-order valence-corrected chi connectivity index (χ1v) is 9.63. The van der Waals surface area contributed by atoms with Gasteiger partial charge < -0.3 is 10.6 Å². The molecule has 2 aromatic rings. The number of pyridine rings is 1. The fraction of sp³-hybridized carbons (Fsp3) is 0.588. The van der Waals surface area contributed by atoms with Crippen LogP contribution in [0.4, 0.5) is 0 Å². The Morgan fingerprint density at radius 3 is 3.00 bits per heavy atom. The standard InChI is InChI=1S/C17H26N6S.HI/c1-3-18-16(20-13-17(2)9-6-12-24-17)19-10-8-15-22-21-14-7-4-5-11-23(14)15;/h4-5,7,11H,3,6,8-10,12-13H2,1-2H3,(H2,18,19,20);1H. The van der Waals surface area contributed by atoms with Crippen molar-refractivity contribution in [2.45, 2.75) is 37.9 Å². The van der Waals surface area contributed by atoms with E-state index in [0.29, 0.717) is 4.75 Å². The Labute approximate surface area is 170 Å². The molecule has 3 rings (SSSR count). The highest BCUT2D eigenvalue weighted by Crippen LogP contribution is 2.37. The summed E-state index contributed by atoms with van der Waals surface area (Å²) in [5.74, 6) is 3.11. The Morgan fingerprint density at radius 2 is 2.24 bits per heavy atom. The van der Waals surface area contributed by atoms with Crippen molar-refractivity contribution >= 4 is 47.3 Å². The molecule has 0 aromatic carbocycles. The van der Waals surface area contributed by atoms with Crippen molar-refractivity contribution in [2.24, 2.45) is 4.99 Å². The molecule has 1 fully saturated rings. The molecule has 0 aliphatic carbocycles. The van der Waals surface area contributed by atoms with Crippen LogP contribution in [0.3, 0.4) is 0 Å². The molecule has 0 spiro atoms. The first-order chi connectivity index (χ1) is 11.7. The number of aromatic nitrogens is 3. The monoisotopic (exact) mass is 474 g/mol. The van der Waals surface area contributed by atoms with Crippen molar-refractivity contribution in [3.63, 3.8) is 0 Å². The highest BCUT2D eigenvalue weighted by molar-refractivity contribution is 14.0. The zero-order valence-electron chi connectivity index (χ0n) is 14.9. The van der Waals surface area contributed by atoms with Crippen molar-refractivity contribution in [1.29, 1.82) is 0 Å². The van der Waals surface area contributed by atoms with E-state index in [0.717, 1.165) is 43.5 Å². The molecule has 25 heavy (non-hydrogen) atoms. The minimum Gasteiger partial charge on any atom is -0.357 e. The van der Waals surface area contributed by atoms with E-state index >= 15 is 0 Å². The molecule has 8 heteroatoms. The predicted octanol–water partition coefficient (Wildman–Crippen LogP) is 2.73. The van der Waals surface area contributed by atoms with Crippen molar-refractivity contribution in [2.75, 3.05) is 25.4 Å². The van der Waals surface area contributed by atoms with Gasteiger partial charge in [-0.2, -0.15) is 11.8 Å². The molecule has 0 bridgehead atoms. The number of thioether (sulfide) groups is 1. The second kappa shape index (κ2) is 9.61. The van der Waals surface area contributed by atoms with Gasteiger partial charge in [-0.05, 0) is 44.6 Å². The molecule has 138 valence electrons. The Hall–Kier alpha value is -1.03. The largest absolute Gasteiger partial charge is 0.357 e. The number of guanidine groups is 1. The molecule has 0 radical (unpaired) electrons. The third-order valence-electron chi connectivity index (χ3n) is 4.24. The number of halogens is 1. The van der Waals surface area contributed by atoms with Crippen LogP contribution in [0.1, 0.15) is 32.5 Å². The predicted molar refractivity (Wildman–Crippen MR) is 116 cm³/mol. The molecular weight excluding hydrogens is 447 g/mol. The molecule has 1 saturated heterocycles. The zero-order valence-corrected chi connectivity index (χ0v) is 18.0. The van der Waals surface area contributed by atoms with Gasteiger partial charge in [-0.25, -0.2) is 0 Å². The molecule has 2 aromatic heterocycles. The number of aliphatic imine (C=N–C) groups is 1. The van der Waals surface area contributed by atoms with Crippen molar-refractivity contribution in [3.05, 3.63) is 30.2 Å². The normalized spacial score (nSPS) is 20.5. The third-order valence-corrected chi connectivity index (χ3v) is 5.76. The van der Waals surface area contributed by atoms with E-state index in [1.165, 1.54) is 18.6 Å². The van der Waals surface area contributed by atoms with E-state index in [9.17, 15) is 0 Å². The lowest BCUT2D eigenvalue weighted by atomic mass is 10.1. The van der Waals surface area contributed by atoms with E-state index in [1.807, 2.05) is 40.6 Å². The summed E-state index contributed by atoms with van der Waals surface area (Å²) in [6, 6.07) is 5.94. The van der Waals surface area contributed by atoms with Gasteiger partial charge in [0, 0.05) is 30.5 Å². The number of rotatable bonds is 6. The van der Waals surface area contributed by atoms with Crippen LogP contribution in [0.5, 0.6) is 0 Å². The molecule has 1 aliphatic rings. The molecule has 0 amide bonds. The van der Waals surface area contributed by atoms with Gasteiger partial charge in [0.25, 0.3) is 0 Å². The lowest BCUT2D eigenvalue weighted by Crippen LogP contribution is -2.39. The number of hydrogen-bond acceptors (Lipinski definition) is 4. The van der Waals surface area contributed by atoms with Crippen LogP contribution in [0.15, 0.2) is 29.4 Å². The van der Waals surface area contributed by atoms with Crippen LogP contribution < -0.4 is 10.6 Å². The fourth-order valence-electron chi connectivity index (χ4n) is 2.90. The molecular formula is C17H27IN6S. The highest BCUT2D eigenvalue weighted by Gasteiger charge is 2.29. The van der Waals surface area contributed by atoms with Gasteiger partial charge in [0.2, 0.25) is 0 Å². The van der Waals surface area contributed by atoms with E-state index in [1.54, 1.807) is 0 Å². The summed E-state index contributed by atoms with van der Waals surface area (Å²) in [7, 11) is 0. The number of fused-ring (bicyclic) bond motifs is 1. The van der Waals surface area contributed by atoms with Crippen LogP contribution in [-0.2, 0) is 6.42 Å². The molecule has 3 heterocycles. The quantitative estimate of drug-likeness (QED) is 0.383. The van der Waals surface area contributed by atoms with Crippen LogP contribution in [0.2, 0.25) is 0 Å². The average Bonchev–Trinajstić information content (AvgIpc) is 3.20. The van der Waals surface area contributed by atoms with Gasteiger partial charge in [-0.3, -0.25) is 9.39 Å². The van der Waals surface area contributed by atoms with Gasteiger partial charge >= 0.3 is 0 Å². The highest BCUT2D eigenvalue weighted by atomic mass is 127. The first kappa shape index (κ1) is 20.3. The fourth-order valence-corrected chi connectivity index (χ4v) is 4.13. The minimum atomic E-state index is 0. The maximum atomic E-state index is 4.78. The zero-order chi connectivity index (χ0) is 16.8.